The Labute approximate surface area is 131 Å². The molecule has 0 fully saturated rings. The molecule has 2 rings (SSSR count). The number of aromatic nitrogens is 1. The summed E-state index contributed by atoms with van der Waals surface area (Å²) < 4.78 is 39.0. The molecule has 0 aliphatic rings. The summed E-state index contributed by atoms with van der Waals surface area (Å²) >= 11 is 8.08. The normalized spacial score (nSPS) is 11.4. The third-order valence-electron chi connectivity index (χ3n) is 2.37. The minimum atomic E-state index is -4.48. The minimum Gasteiger partial charge on any atom is -0.384 e. The Bertz CT molecular complexity index is 646. The molecule has 0 aliphatic carbocycles. The lowest BCUT2D eigenvalue weighted by molar-refractivity contribution is -0.137. The molecule has 20 heavy (non-hydrogen) atoms. The van der Waals surface area contributed by atoms with Crippen LogP contribution in [0, 0.1) is 3.57 Å². The van der Waals surface area contributed by atoms with Gasteiger partial charge in [-0.2, -0.15) is 13.2 Å². The highest BCUT2D eigenvalue weighted by Gasteiger charge is 2.31. The molecule has 106 valence electrons. The van der Waals surface area contributed by atoms with Crippen LogP contribution in [0.15, 0.2) is 30.3 Å². The van der Waals surface area contributed by atoms with Crippen molar-refractivity contribution in [1.82, 2.24) is 4.98 Å². The predicted molar refractivity (Wildman–Crippen MR) is 81.1 cm³/mol. The van der Waals surface area contributed by atoms with Gasteiger partial charge in [-0.25, -0.2) is 4.98 Å². The first-order valence-electron chi connectivity index (χ1n) is 5.32. The van der Waals surface area contributed by atoms with E-state index < -0.39 is 11.7 Å². The van der Waals surface area contributed by atoms with Gasteiger partial charge in [-0.15, -0.1) is 0 Å². The van der Waals surface area contributed by atoms with Crippen LogP contribution in [-0.2, 0) is 6.18 Å². The fourth-order valence-electron chi connectivity index (χ4n) is 1.51. The summed E-state index contributed by atoms with van der Waals surface area (Å²) in [6.07, 6.45) is -4.48. The molecule has 0 saturated heterocycles. The van der Waals surface area contributed by atoms with Crippen LogP contribution >= 0.6 is 34.2 Å². The van der Waals surface area contributed by atoms with E-state index in [9.17, 15) is 13.2 Å². The number of nitrogens with zero attached hydrogens (tertiary/aromatic N) is 1. The quantitative estimate of drug-likeness (QED) is 0.703. The first-order chi connectivity index (χ1) is 9.25. The molecule has 2 aromatic rings. The number of anilines is 3. The highest BCUT2D eigenvalue weighted by atomic mass is 127. The van der Waals surface area contributed by atoms with E-state index in [1.807, 2.05) is 0 Å². The third kappa shape index (κ3) is 3.66. The van der Waals surface area contributed by atoms with E-state index in [0.29, 0.717) is 10.7 Å². The molecule has 0 unspecified atom stereocenters. The largest absolute Gasteiger partial charge is 0.416 e. The average molecular weight is 414 g/mol. The zero-order chi connectivity index (χ0) is 14.9. The molecule has 0 atom stereocenters. The summed E-state index contributed by atoms with van der Waals surface area (Å²) in [5, 5.41) is 3.11. The van der Waals surface area contributed by atoms with E-state index in [0.717, 1.165) is 15.7 Å². The van der Waals surface area contributed by atoms with Gasteiger partial charge in [-0.1, -0.05) is 11.6 Å². The molecule has 0 saturated carbocycles. The lowest BCUT2D eigenvalue weighted by Gasteiger charge is -2.12. The first-order valence-corrected chi connectivity index (χ1v) is 6.78. The number of rotatable bonds is 2. The van der Waals surface area contributed by atoms with Crippen molar-refractivity contribution in [3.63, 3.8) is 0 Å². The molecular weight excluding hydrogens is 406 g/mol. The topological polar surface area (TPSA) is 50.9 Å². The SMILES string of the molecule is Nc1cc(C(F)(F)F)cc(Nc2ccc(I)cc2Cl)n1. The van der Waals surface area contributed by atoms with Crippen molar-refractivity contribution in [3.8, 4) is 0 Å². The number of benzene rings is 1. The smallest absolute Gasteiger partial charge is 0.384 e. The molecule has 0 amide bonds. The van der Waals surface area contributed by atoms with Crippen molar-refractivity contribution < 1.29 is 13.2 Å². The minimum absolute atomic E-state index is 0.0135. The van der Waals surface area contributed by atoms with Crippen LogP contribution in [-0.4, -0.2) is 4.98 Å². The number of alkyl halides is 3. The van der Waals surface area contributed by atoms with Crippen molar-refractivity contribution >= 4 is 51.5 Å². The van der Waals surface area contributed by atoms with Gasteiger partial charge in [-0.05, 0) is 52.9 Å². The third-order valence-corrected chi connectivity index (χ3v) is 3.35. The molecule has 0 radical (unpaired) electrons. The van der Waals surface area contributed by atoms with Gasteiger partial charge >= 0.3 is 6.18 Å². The number of nitrogens with two attached hydrogens (primary N) is 1. The fourth-order valence-corrected chi connectivity index (χ4v) is 2.41. The van der Waals surface area contributed by atoms with Gasteiger partial charge in [0.05, 0.1) is 16.3 Å². The van der Waals surface area contributed by atoms with E-state index in [-0.39, 0.29) is 11.6 Å². The summed E-state index contributed by atoms with van der Waals surface area (Å²) in [5.41, 5.74) is 4.98. The van der Waals surface area contributed by atoms with Gasteiger partial charge in [-0.3, -0.25) is 0 Å². The van der Waals surface area contributed by atoms with Crippen LogP contribution in [0.4, 0.5) is 30.5 Å². The lowest BCUT2D eigenvalue weighted by Crippen LogP contribution is -2.08. The monoisotopic (exact) mass is 413 g/mol. The van der Waals surface area contributed by atoms with Gasteiger partial charge < -0.3 is 11.1 Å². The second-order valence-corrected chi connectivity index (χ2v) is 5.57. The summed E-state index contributed by atoms with van der Waals surface area (Å²) in [5.74, 6) is -0.232. The van der Waals surface area contributed by atoms with Crippen molar-refractivity contribution in [3.05, 3.63) is 44.5 Å². The highest BCUT2D eigenvalue weighted by Crippen LogP contribution is 2.33. The Morgan fingerprint density at radius 1 is 1.20 bits per heavy atom. The maximum Gasteiger partial charge on any atom is 0.416 e. The van der Waals surface area contributed by atoms with Crippen molar-refractivity contribution in [2.24, 2.45) is 0 Å². The molecule has 3 nitrogen and oxygen atoms in total. The summed E-state index contributed by atoms with van der Waals surface area (Å²) in [4.78, 5) is 3.81. The Kier molecular flexibility index (Phi) is 4.28. The maximum absolute atomic E-state index is 12.7. The second kappa shape index (κ2) is 5.65. The summed E-state index contributed by atoms with van der Waals surface area (Å²) in [6.45, 7) is 0. The number of hydrogen-bond acceptors (Lipinski definition) is 3. The Balaban J connectivity index is 2.36. The van der Waals surface area contributed by atoms with Gasteiger partial charge in [0.25, 0.3) is 0 Å². The number of nitrogen functional groups attached to an aromatic ring is 1. The van der Waals surface area contributed by atoms with Gasteiger partial charge in [0.1, 0.15) is 11.6 Å². The standard InChI is InChI=1S/C12H8ClF3IN3/c13-8-5-7(17)1-2-9(8)19-11-4-6(12(14,15)16)3-10(18)20-11/h1-5H,(H3,18,19,20). The van der Waals surface area contributed by atoms with Crippen LogP contribution in [0.1, 0.15) is 5.56 Å². The molecule has 1 heterocycles. The molecule has 3 N–H and O–H groups in total. The molecule has 1 aromatic carbocycles. The Hall–Kier alpha value is -1.22. The molecule has 1 aromatic heterocycles. The summed E-state index contributed by atoms with van der Waals surface area (Å²) in [6, 6.07) is 6.76. The van der Waals surface area contributed by atoms with E-state index in [2.05, 4.69) is 32.9 Å². The second-order valence-electron chi connectivity index (χ2n) is 3.91. The van der Waals surface area contributed by atoms with Crippen LogP contribution in [0.2, 0.25) is 5.02 Å². The first kappa shape index (κ1) is 15.2. The average Bonchev–Trinajstić information content (AvgIpc) is 2.31. The fraction of sp³-hybridized carbons (Fsp3) is 0.0833. The lowest BCUT2D eigenvalue weighted by atomic mass is 10.2. The zero-order valence-electron chi connectivity index (χ0n) is 9.80. The predicted octanol–water partition coefficient (Wildman–Crippen LogP) is 4.68. The van der Waals surface area contributed by atoms with Crippen LogP contribution in [0.25, 0.3) is 0 Å². The number of halogens is 5. The molecule has 0 bridgehead atoms. The molecule has 8 heteroatoms. The van der Waals surface area contributed by atoms with Crippen molar-refractivity contribution in [2.75, 3.05) is 11.1 Å². The number of nitrogens with one attached hydrogen (secondary N) is 1. The Morgan fingerprint density at radius 2 is 1.90 bits per heavy atom. The van der Waals surface area contributed by atoms with Crippen molar-refractivity contribution in [2.45, 2.75) is 6.18 Å². The molecular formula is C12H8ClF3IN3. The van der Waals surface area contributed by atoms with E-state index in [4.69, 9.17) is 17.3 Å². The van der Waals surface area contributed by atoms with E-state index in [1.165, 1.54) is 0 Å². The van der Waals surface area contributed by atoms with Gasteiger partial charge in [0.2, 0.25) is 0 Å². The maximum atomic E-state index is 12.7. The van der Waals surface area contributed by atoms with Crippen LogP contribution in [0.3, 0.4) is 0 Å². The summed E-state index contributed by atoms with van der Waals surface area (Å²) in [7, 11) is 0. The zero-order valence-corrected chi connectivity index (χ0v) is 12.7. The molecule has 0 aliphatic heterocycles. The van der Waals surface area contributed by atoms with Crippen LogP contribution < -0.4 is 11.1 Å². The number of pyridine rings is 1. The van der Waals surface area contributed by atoms with Gasteiger partial charge in [0.15, 0.2) is 0 Å². The Morgan fingerprint density at radius 3 is 2.50 bits per heavy atom. The van der Waals surface area contributed by atoms with Gasteiger partial charge in [0, 0.05) is 3.57 Å². The highest BCUT2D eigenvalue weighted by molar-refractivity contribution is 14.1. The van der Waals surface area contributed by atoms with E-state index in [1.54, 1.807) is 18.2 Å². The van der Waals surface area contributed by atoms with Crippen LogP contribution in [0.5, 0.6) is 0 Å². The van der Waals surface area contributed by atoms with Crippen molar-refractivity contribution in [1.29, 1.82) is 0 Å². The molecule has 0 spiro atoms. The van der Waals surface area contributed by atoms with E-state index >= 15 is 0 Å². The number of hydrogen-bond donors (Lipinski definition) is 2.